The highest BCUT2D eigenvalue weighted by Gasteiger charge is 2.16. The molecule has 0 spiro atoms. The van der Waals surface area contributed by atoms with Gasteiger partial charge in [-0.1, -0.05) is 19.9 Å². The fraction of sp³-hybridized carbons (Fsp3) is 0.368. The average Bonchev–Trinajstić information content (AvgIpc) is 2.51. The van der Waals surface area contributed by atoms with Crippen LogP contribution in [0, 0.1) is 24.5 Å². The maximum absolute atomic E-state index is 13.8. The Morgan fingerprint density at radius 2 is 1.88 bits per heavy atom. The molecular weight excluding hydrogens is 324 g/mol. The molecule has 1 heterocycles. The SMILES string of the molecule is Cc1ccc(Nc2cc(F)ccc2F)nc1C(=O)NC(C)CC(C)C. The van der Waals surface area contributed by atoms with Crippen LogP contribution in [0.5, 0.6) is 0 Å². The Bertz CT molecular complexity index is 762. The lowest BCUT2D eigenvalue weighted by atomic mass is 10.0. The van der Waals surface area contributed by atoms with Gasteiger partial charge in [0.1, 0.15) is 23.1 Å². The van der Waals surface area contributed by atoms with E-state index in [0.717, 1.165) is 24.6 Å². The first kappa shape index (κ1) is 18.8. The topological polar surface area (TPSA) is 54.0 Å². The fourth-order valence-corrected chi connectivity index (χ4v) is 2.62. The van der Waals surface area contributed by atoms with Gasteiger partial charge in [0.15, 0.2) is 0 Å². The van der Waals surface area contributed by atoms with Gasteiger partial charge in [-0.3, -0.25) is 4.79 Å². The number of aromatic nitrogens is 1. The molecule has 0 radical (unpaired) electrons. The molecule has 4 nitrogen and oxygen atoms in total. The summed E-state index contributed by atoms with van der Waals surface area (Å²) in [6.45, 7) is 7.90. The molecule has 0 saturated heterocycles. The number of aryl methyl sites for hydroxylation is 1. The van der Waals surface area contributed by atoms with Crippen LogP contribution in [0.4, 0.5) is 20.3 Å². The quantitative estimate of drug-likeness (QED) is 0.804. The minimum absolute atomic E-state index is 0.0194. The molecule has 2 aromatic rings. The van der Waals surface area contributed by atoms with Crippen molar-refractivity contribution in [2.75, 3.05) is 5.32 Å². The van der Waals surface area contributed by atoms with Gasteiger partial charge in [-0.15, -0.1) is 0 Å². The first-order valence-electron chi connectivity index (χ1n) is 8.27. The Labute approximate surface area is 146 Å². The van der Waals surface area contributed by atoms with E-state index in [2.05, 4.69) is 29.5 Å². The molecule has 1 amide bonds. The molecule has 1 atom stereocenters. The lowest BCUT2D eigenvalue weighted by Gasteiger charge is -2.17. The zero-order valence-corrected chi connectivity index (χ0v) is 14.9. The molecule has 1 aromatic heterocycles. The molecule has 134 valence electrons. The van der Waals surface area contributed by atoms with Crippen LogP contribution in [0.3, 0.4) is 0 Å². The molecule has 0 aliphatic carbocycles. The molecule has 1 aromatic carbocycles. The lowest BCUT2D eigenvalue weighted by Crippen LogP contribution is -2.34. The second kappa shape index (κ2) is 8.05. The molecule has 0 aliphatic rings. The standard InChI is InChI=1S/C19H23F2N3O/c1-11(2)9-13(4)22-19(25)18-12(3)5-8-17(24-18)23-16-10-14(20)6-7-15(16)21/h5-8,10-11,13H,9H2,1-4H3,(H,22,25)(H,23,24). The molecule has 0 fully saturated rings. The number of amides is 1. The van der Waals surface area contributed by atoms with Crippen molar-refractivity contribution in [1.29, 1.82) is 0 Å². The summed E-state index contributed by atoms with van der Waals surface area (Å²) in [5, 5.41) is 5.63. The zero-order chi connectivity index (χ0) is 18.6. The largest absolute Gasteiger partial charge is 0.348 e. The van der Waals surface area contributed by atoms with Gasteiger partial charge in [-0.05, 0) is 49.9 Å². The normalized spacial score (nSPS) is 12.1. The second-order valence-electron chi connectivity index (χ2n) is 6.62. The second-order valence-corrected chi connectivity index (χ2v) is 6.62. The van der Waals surface area contributed by atoms with E-state index in [1.54, 1.807) is 19.1 Å². The van der Waals surface area contributed by atoms with Crippen LogP contribution in [0.25, 0.3) is 0 Å². The zero-order valence-electron chi connectivity index (χ0n) is 14.9. The van der Waals surface area contributed by atoms with Gasteiger partial charge in [0, 0.05) is 12.1 Å². The highest BCUT2D eigenvalue weighted by Crippen LogP contribution is 2.21. The Balaban J connectivity index is 2.19. The number of hydrogen-bond donors (Lipinski definition) is 2. The third-order valence-electron chi connectivity index (χ3n) is 3.71. The Hall–Kier alpha value is -2.50. The monoisotopic (exact) mass is 347 g/mol. The maximum atomic E-state index is 13.8. The van der Waals surface area contributed by atoms with Gasteiger partial charge in [0.05, 0.1) is 5.69 Å². The first-order valence-corrected chi connectivity index (χ1v) is 8.27. The molecule has 0 aliphatic heterocycles. The molecular formula is C19H23F2N3O. The van der Waals surface area contributed by atoms with Gasteiger partial charge in [-0.25, -0.2) is 13.8 Å². The Kier molecular flexibility index (Phi) is 6.07. The van der Waals surface area contributed by atoms with Gasteiger partial charge in [-0.2, -0.15) is 0 Å². The van der Waals surface area contributed by atoms with Gasteiger partial charge < -0.3 is 10.6 Å². The Morgan fingerprint density at radius 1 is 1.16 bits per heavy atom. The molecule has 1 unspecified atom stereocenters. The van der Waals surface area contributed by atoms with Crippen LogP contribution in [0.15, 0.2) is 30.3 Å². The predicted molar refractivity (Wildman–Crippen MR) is 95.0 cm³/mol. The summed E-state index contributed by atoms with van der Waals surface area (Å²) in [5.74, 6) is -0.698. The molecule has 0 bridgehead atoms. The molecule has 2 N–H and O–H groups in total. The van der Waals surface area contributed by atoms with Crippen molar-refractivity contribution in [1.82, 2.24) is 10.3 Å². The predicted octanol–water partition coefficient (Wildman–Crippen LogP) is 4.58. The number of hydrogen-bond acceptors (Lipinski definition) is 3. The van der Waals surface area contributed by atoms with E-state index in [-0.39, 0.29) is 29.1 Å². The number of nitrogens with one attached hydrogen (secondary N) is 2. The minimum atomic E-state index is -0.597. The smallest absolute Gasteiger partial charge is 0.270 e. The summed E-state index contributed by atoms with van der Waals surface area (Å²) in [6.07, 6.45) is 0.858. The number of carbonyl (C=O) groups excluding carboxylic acids is 1. The van der Waals surface area contributed by atoms with E-state index in [1.165, 1.54) is 0 Å². The molecule has 0 saturated carbocycles. The summed E-state index contributed by atoms with van der Waals surface area (Å²) in [6, 6.07) is 6.47. The van der Waals surface area contributed by atoms with Crippen LogP contribution in [0.1, 0.15) is 43.2 Å². The van der Waals surface area contributed by atoms with E-state index in [0.29, 0.717) is 11.5 Å². The van der Waals surface area contributed by atoms with Gasteiger partial charge in [0.25, 0.3) is 5.91 Å². The van der Waals surface area contributed by atoms with Crippen LogP contribution in [-0.4, -0.2) is 16.9 Å². The van der Waals surface area contributed by atoms with Crippen molar-refractivity contribution in [2.24, 2.45) is 5.92 Å². The number of benzene rings is 1. The van der Waals surface area contributed by atoms with Crippen molar-refractivity contribution in [3.63, 3.8) is 0 Å². The van der Waals surface area contributed by atoms with Gasteiger partial charge >= 0.3 is 0 Å². The number of nitrogens with zero attached hydrogens (tertiary/aromatic N) is 1. The van der Waals surface area contributed by atoms with Crippen LogP contribution in [-0.2, 0) is 0 Å². The van der Waals surface area contributed by atoms with Crippen LogP contribution in [0.2, 0.25) is 0 Å². The highest BCUT2D eigenvalue weighted by molar-refractivity contribution is 5.94. The molecule has 2 rings (SSSR count). The number of halogens is 2. The lowest BCUT2D eigenvalue weighted by molar-refractivity contribution is 0.0930. The number of carbonyl (C=O) groups is 1. The number of pyridine rings is 1. The van der Waals surface area contributed by atoms with E-state index >= 15 is 0 Å². The van der Waals surface area contributed by atoms with Crippen LogP contribution >= 0.6 is 0 Å². The number of rotatable bonds is 6. The minimum Gasteiger partial charge on any atom is -0.348 e. The van der Waals surface area contributed by atoms with Crippen LogP contribution < -0.4 is 10.6 Å². The van der Waals surface area contributed by atoms with Crippen molar-refractivity contribution >= 4 is 17.4 Å². The molecule has 6 heteroatoms. The summed E-state index contributed by atoms with van der Waals surface area (Å²) < 4.78 is 27.0. The average molecular weight is 347 g/mol. The summed E-state index contributed by atoms with van der Waals surface area (Å²) in [4.78, 5) is 16.7. The van der Waals surface area contributed by atoms with E-state index in [9.17, 15) is 13.6 Å². The van der Waals surface area contributed by atoms with Gasteiger partial charge in [0.2, 0.25) is 0 Å². The van der Waals surface area contributed by atoms with E-state index in [1.807, 2.05) is 6.92 Å². The Morgan fingerprint density at radius 3 is 2.56 bits per heavy atom. The first-order chi connectivity index (χ1) is 11.8. The fourth-order valence-electron chi connectivity index (χ4n) is 2.62. The third-order valence-corrected chi connectivity index (χ3v) is 3.71. The van der Waals surface area contributed by atoms with Crippen molar-refractivity contribution in [2.45, 2.75) is 40.2 Å². The van der Waals surface area contributed by atoms with E-state index < -0.39 is 11.6 Å². The highest BCUT2D eigenvalue weighted by atomic mass is 19.1. The maximum Gasteiger partial charge on any atom is 0.270 e. The van der Waals surface area contributed by atoms with Crippen molar-refractivity contribution in [3.8, 4) is 0 Å². The number of anilines is 2. The third kappa shape index (κ3) is 5.24. The molecule has 25 heavy (non-hydrogen) atoms. The summed E-state index contributed by atoms with van der Waals surface area (Å²) in [5.41, 5.74) is 0.938. The summed E-state index contributed by atoms with van der Waals surface area (Å²) >= 11 is 0. The van der Waals surface area contributed by atoms with E-state index in [4.69, 9.17) is 0 Å². The summed E-state index contributed by atoms with van der Waals surface area (Å²) in [7, 11) is 0. The van der Waals surface area contributed by atoms with Crippen molar-refractivity contribution in [3.05, 3.63) is 53.2 Å². The van der Waals surface area contributed by atoms with Crippen molar-refractivity contribution < 1.29 is 13.6 Å².